The second-order valence-electron chi connectivity index (χ2n) is 10.8. The molecule has 2 aliphatic heterocycles. The molecule has 1 aromatic heterocycles. The van der Waals surface area contributed by atoms with Crippen LogP contribution in [-0.4, -0.2) is 48.7 Å². The Hall–Kier alpha value is -2.20. The Bertz CT molecular complexity index is 1270. The van der Waals surface area contributed by atoms with Gasteiger partial charge in [-0.15, -0.1) is 11.8 Å². The van der Waals surface area contributed by atoms with Crippen molar-refractivity contribution in [3.05, 3.63) is 49.9 Å². The van der Waals surface area contributed by atoms with Crippen LogP contribution in [0.3, 0.4) is 0 Å². The van der Waals surface area contributed by atoms with E-state index in [0.717, 1.165) is 56.0 Å². The first-order valence-corrected chi connectivity index (χ1v) is 14.9. The number of nitrogens with one attached hydrogen (secondary N) is 3. The maximum absolute atomic E-state index is 13.2. The van der Waals surface area contributed by atoms with Crippen LogP contribution in [0.2, 0.25) is 5.02 Å². The summed E-state index contributed by atoms with van der Waals surface area (Å²) in [5.41, 5.74) is 2.19. The number of aryl methyl sites for hydroxylation is 1. The average Bonchev–Trinajstić information content (AvgIpc) is 3.24. The lowest BCUT2D eigenvalue weighted by atomic mass is 9.78. The minimum absolute atomic E-state index is 0.111. The first-order chi connectivity index (χ1) is 18.2. The monoisotopic (exact) mass is 561 g/mol. The van der Waals surface area contributed by atoms with Crippen molar-refractivity contribution in [3.63, 3.8) is 0 Å². The molecule has 0 radical (unpaired) electrons. The van der Waals surface area contributed by atoms with Gasteiger partial charge in [-0.25, -0.2) is 0 Å². The standard InChI is InChI=1S/C28H36ClN3O5S/c1-15-9-23(38-4)21(27(34)32-15)12-31-26(33)20-10-22(29)25-24(16(20)2)36-28(3,37-25)18-7-5-17(6-8-18)11-30-19-13-35-14-19/h9-10,17-19,30H,5-8,11-14H2,1-4H3,(H,31,33)(H,32,34)/t17-,18+,28-/m0/s1. The number of carbonyl (C=O) groups is 1. The summed E-state index contributed by atoms with van der Waals surface area (Å²) in [5.74, 6) is 0.750. The molecule has 1 atom stereocenters. The van der Waals surface area contributed by atoms with Crippen molar-refractivity contribution in [1.82, 2.24) is 15.6 Å². The minimum atomic E-state index is -0.825. The number of pyridine rings is 1. The molecule has 0 bridgehead atoms. The molecule has 3 heterocycles. The molecule has 1 saturated carbocycles. The molecule has 3 aliphatic rings. The molecule has 10 heteroatoms. The summed E-state index contributed by atoms with van der Waals surface area (Å²) in [4.78, 5) is 29.3. The van der Waals surface area contributed by atoms with Gasteiger partial charge in [0.15, 0.2) is 11.5 Å². The summed E-state index contributed by atoms with van der Waals surface area (Å²) in [6.07, 6.45) is 6.14. The molecule has 1 aromatic carbocycles. The van der Waals surface area contributed by atoms with Crippen LogP contribution in [-0.2, 0) is 11.3 Å². The smallest absolute Gasteiger partial charge is 0.254 e. The summed E-state index contributed by atoms with van der Waals surface area (Å²) in [7, 11) is 0. The topological polar surface area (TPSA) is 102 Å². The van der Waals surface area contributed by atoms with Crippen LogP contribution in [0.15, 0.2) is 21.8 Å². The number of halogens is 1. The third kappa shape index (κ3) is 5.43. The lowest BCUT2D eigenvalue weighted by molar-refractivity contribution is -0.123. The number of rotatable bonds is 8. The lowest BCUT2D eigenvalue weighted by Gasteiger charge is -2.38. The zero-order chi connectivity index (χ0) is 27.0. The molecule has 1 saturated heterocycles. The highest BCUT2D eigenvalue weighted by molar-refractivity contribution is 7.98. The SMILES string of the molecule is CSc1cc(C)[nH]c(=O)c1CNC(=O)c1cc(Cl)c2c(c1C)O[C@](C)([C@H]1CC[C@@H](CNC3COC3)CC1)O2. The second-order valence-corrected chi connectivity index (χ2v) is 12.0. The number of benzene rings is 1. The van der Waals surface area contributed by atoms with E-state index in [1.165, 1.54) is 11.8 Å². The van der Waals surface area contributed by atoms with Crippen LogP contribution < -0.4 is 25.7 Å². The number of aromatic nitrogens is 1. The number of hydrogen-bond acceptors (Lipinski definition) is 7. The number of thioether (sulfide) groups is 1. The molecule has 38 heavy (non-hydrogen) atoms. The number of H-pyrrole nitrogens is 1. The summed E-state index contributed by atoms with van der Waals surface area (Å²) in [5, 5.41) is 6.83. The Morgan fingerprint density at radius 3 is 2.53 bits per heavy atom. The fourth-order valence-corrected chi connectivity index (χ4v) is 6.57. The number of amides is 1. The molecule has 2 aromatic rings. The van der Waals surface area contributed by atoms with Crippen LogP contribution in [0.25, 0.3) is 0 Å². The highest BCUT2D eigenvalue weighted by Crippen LogP contribution is 2.51. The van der Waals surface area contributed by atoms with Crippen molar-refractivity contribution in [1.29, 1.82) is 0 Å². The summed E-state index contributed by atoms with van der Waals surface area (Å²) in [6.45, 7) is 8.43. The van der Waals surface area contributed by atoms with Crippen LogP contribution in [0.5, 0.6) is 11.5 Å². The molecule has 0 unspecified atom stereocenters. The summed E-state index contributed by atoms with van der Waals surface area (Å²) >= 11 is 8.09. The maximum atomic E-state index is 13.2. The first kappa shape index (κ1) is 27.4. The highest BCUT2D eigenvalue weighted by atomic mass is 35.5. The molecule has 2 fully saturated rings. The van der Waals surface area contributed by atoms with Gasteiger partial charge in [-0.3, -0.25) is 9.59 Å². The third-order valence-corrected chi connectivity index (χ3v) is 9.17. The third-order valence-electron chi connectivity index (χ3n) is 8.09. The van der Waals surface area contributed by atoms with E-state index in [1.807, 2.05) is 33.1 Å². The van der Waals surface area contributed by atoms with Crippen LogP contribution in [0.1, 0.15) is 59.8 Å². The quantitative estimate of drug-likeness (QED) is 0.405. The van der Waals surface area contributed by atoms with Crippen molar-refractivity contribution in [2.24, 2.45) is 11.8 Å². The molecule has 8 nitrogen and oxygen atoms in total. The second kappa shape index (κ2) is 11.1. The zero-order valence-corrected chi connectivity index (χ0v) is 23.9. The van der Waals surface area contributed by atoms with Gasteiger partial charge in [0, 0.05) is 46.7 Å². The molecule has 206 valence electrons. The molecule has 1 amide bonds. The van der Waals surface area contributed by atoms with E-state index < -0.39 is 5.79 Å². The summed E-state index contributed by atoms with van der Waals surface area (Å²) < 4.78 is 18.1. The van der Waals surface area contributed by atoms with Crippen LogP contribution in [0.4, 0.5) is 0 Å². The first-order valence-electron chi connectivity index (χ1n) is 13.3. The van der Waals surface area contributed by atoms with Gasteiger partial charge in [0.1, 0.15) is 0 Å². The van der Waals surface area contributed by atoms with Gasteiger partial charge in [-0.1, -0.05) is 11.6 Å². The zero-order valence-electron chi connectivity index (χ0n) is 22.4. The van der Waals surface area contributed by atoms with E-state index in [2.05, 4.69) is 15.6 Å². The number of ether oxygens (including phenoxy) is 3. The van der Waals surface area contributed by atoms with E-state index in [9.17, 15) is 9.59 Å². The van der Waals surface area contributed by atoms with Crippen molar-refractivity contribution >= 4 is 29.3 Å². The Morgan fingerprint density at radius 1 is 1.16 bits per heavy atom. The minimum Gasteiger partial charge on any atom is -0.448 e. The van der Waals surface area contributed by atoms with E-state index in [-0.39, 0.29) is 23.9 Å². The van der Waals surface area contributed by atoms with Crippen LogP contribution in [0, 0.1) is 25.7 Å². The van der Waals surface area contributed by atoms with Crippen molar-refractivity contribution in [3.8, 4) is 11.5 Å². The fraction of sp³-hybridized carbons (Fsp3) is 0.571. The van der Waals surface area contributed by atoms with E-state index >= 15 is 0 Å². The van der Waals surface area contributed by atoms with E-state index in [4.69, 9.17) is 25.8 Å². The Labute approximate surface area is 232 Å². The van der Waals surface area contributed by atoms with Crippen molar-refractivity contribution in [2.75, 3.05) is 26.0 Å². The van der Waals surface area contributed by atoms with Gasteiger partial charge < -0.3 is 29.8 Å². The number of hydrogen-bond donors (Lipinski definition) is 3. The van der Waals surface area contributed by atoms with Gasteiger partial charge in [0.2, 0.25) is 0 Å². The fourth-order valence-electron chi connectivity index (χ4n) is 5.63. The predicted octanol–water partition coefficient (Wildman–Crippen LogP) is 4.58. The van der Waals surface area contributed by atoms with Gasteiger partial charge in [-0.2, -0.15) is 0 Å². The average molecular weight is 562 g/mol. The molecule has 1 aliphatic carbocycles. The Morgan fingerprint density at radius 2 is 1.87 bits per heavy atom. The van der Waals surface area contributed by atoms with E-state index in [0.29, 0.717) is 45.2 Å². The normalized spacial score (nSPS) is 24.8. The summed E-state index contributed by atoms with van der Waals surface area (Å²) in [6, 6.07) is 4.04. The van der Waals surface area contributed by atoms with Crippen LogP contribution >= 0.6 is 23.4 Å². The van der Waals surface area contributed by atoms with Gasteiger partial charge >= 0.3 is 0 Å². The molecule has 0 spiro atoms. The molecular formula is C28H36ClN3O5S. The van der Waals surface area contributed by atoms with Gasteiger partial charge in [0.25, 0.3) is 17.3 Å². The number of fused-ring (bicyclic) bond motifs is 1. The molecule has 3 N–H and O–H groups in total. The number of carbonyl (C=O) groups excluding carboxylic acids is 1. The Kier molecular flexibility index (Phi) is 8.01. The highest BCUT2D eigenvalue weighted by Gasteiger charge is 2.47. The van der Waals surface area contributed by atoms with Gasteiger partial charge in [-0.05, 0) is 70.4 Å². The lowest BCUT2D eigenvalue weighted by Crippen LogP contribution is -2.49. The molecular weight excluding hydrogens is 526 g/mol. The maximum Gasteiger partial charge on any atom is 0.254 e. The van der Waals surface area contributed by atoms with Crippen molar-refractivity contribution < 1.29 is 19.0 Å². The van der Waals surface area contributed by atoms with E-state index in [1.54, 1.807) is 6.07 Å². The van der Waals surface area contributed by atoms with Gasteiger partial charge in [0.05, 0.1) is 24.3 Å². The Balaban J connectivity index is 1.25. The predicted molar refractivity (Wildman–Crippen MR) is 149 cm³/mol. The molecule has 5 rings (SSSR count). The number of aromatic amines is 1. The van der Waals surface area contributed by atoms with Crippen molar-refractivity contribution in [2.45, 2.75) is 69.7 Å². The largest absolute Gasteiger partial charge is 0.448 e.